The van der Waals surface area contributed by atoms with Crippen molar-refractivity contribution >= 4 is 17.0 Å². The molecule has 0 saturated heterocycles. The quantitative estimate of drug-likeness (QED) is 0.765. The number of fused-ring (bicyclic) bond motifs is 1. The zero-order valence-electron chi connectivity index (χ0n) is 10.8. The maximum Gasteiger partial charge on any atom is 0.335 e. The number of carbonyl (C=O) groups is 1. The third kappa shape index (κ3) is 2.09. The number of H-pyrrole nitrogens is 1. The van der Waals surface area contributed by atoms with E-state index >= 15 is 0 Å². The van der Waals surface area contributed by atoms with E-state index in [0.29, 0.717) is 11.5 Å². The molecular weight excluding hydrogens is 256 g/mol. The van der Waals surface area contributed by atoms with Crippen LogP contribution in [0.15, 0.2) is 42.5 Å². The van der Waals surface area contributed by atoms with Crippen molar-refractivity contribution in [2.75, 3.05) is 7.11 Å². The standard InChI is InChI=1S/C15H12N2O3/c1-20-13-6-5-10-8-12(16-14(10)17-13)9-3-2-4-11(7-9)15(18)19/h2-8H,1H3,(H,16,17)(H,18,19). The van der Waals surface area contributed by atoms with Gasteiger partial charge in [0.15, 0.2) is 0 Å². The zero-order chi connectivity index (χ0) is 14.1. The van der Waals surface area contributed by atoms with Crippen LogP contribution in [0.1, 0.15) is 10.4 Å². The van der Waals surface area contributed by atoms with Crippen molar-refractivity contribution < 1.29 is 14.6 Å². The predicted molar refractivity (Wildman–Crippen MR) is 75.0 cm³/mol. The van der Waals surface area contributed by atoms with Crippen LogP contribution in [0.3, 0.4) is 0 Å². The molecule has 0 spiro atoms. The molecule has 0 saturated carbocycles. The van der Waals surface area contributed by atoms with Crippen LogP contribution < -0.4 is 4.74 Å². The highest BCUT2D eigenvalue weighted by atomic mass is 16.5. The number of aromatic nitrogens is 2. The molecule has 0 radical (unpaired) electrons. The second-order valence-corrected chi connectivity index (χ2v) is 4.36. The molecule has 100 valence electrons. The predicted octanol–water partition coefficient (Wildman–Crippen LogP) is 2.94. The maximum atomic E-state index is 11.0. The molecule has 0 aliphatic rings. The molecule has 0 fully saturated rings. The maximum absolute atomic E-state index is 11.0. The Morgan fingerprint density at radius 3 is 2.85 bits per heavy atom. The van der Waals surface area contributed by atoms with Gasteiger partial charge < -0.3 is 14.8 Å². The van der Waals surface area contributed by atoms with Gasteiger partial charge in [0.05, 0.1) is 12.7 Å². The van der Waals surface area contributed by atoms with E-state index < -0.39 is 5.97 Å². The molecule has 0 unspecified atom stereocenters. The topological polar surface area (TPSA) is 75.2 Å². The number of aromatic carboxylic acids is 1. The van der Waals surface area contributed by atoms with Gasteiger partial charge in [0.2, 0.25) is 5.88 Å². The fraction of sp³-hybridized carbons (Fsp3) is 0.0667. The van der Waals surface area contributed by atoms with Crippen molar-refractivity contribution in [3.05, 3.63) is 48.0 Å². The van der Waals surface area contributed by atoms with Crippen molar-refractivity contribution in [3.63, 3.8) is 0 Å². The molecule has 1 aromatic carbocycles. The monoisotopic (exact) mass is 268 g/mol. The Morgan fingerprint density at radius 1 is 1.25 bits per heavy atom. The lowest BCUT2D eigenvalue weighted by Gasteiger charge is -1.99. The number of rotatable bonds is 3. The van der Waals surface area contributed by atoms with E-state index in [2.05, 4.69) is 9.97 Å². The van der Waals surface area contributed by atoms with E-state index in [1.807, 2.05) is 18.2 Å². The Kier molecular flexibility index (Phi) is 2.87. The van der Waals surface area contributed by atoms with Crippen LogP contribution in [0, 0.1) is 0 Å². The molecule has 0 atom stereocenters. The van der Waals surface area contributed by atoms with E-state index in [1.54, 1.807) is 31.4 Å². The number of pyridine rings is 1. The van der Waals surface area contributed by atoms with Crippen LogP contribution in [-0.4, -0.2) is 28.2 Å². The molecule has 0 amide bonds. The molecule has 3 rings (SSSR count). The number of hydrogen-bond acceptors (Lipinski definition) is 3. The Bertz CT molecular complexity index is 793. The molecule has 20 heavy (non-hydrogen) atoms. The lowest BCUT2D eigenvalue weighted by molar-refractivity contribution is 0.0697. The second-order valence-electron chi connectivity index (χ2n) is 4.36. The minimum Gasteiger partial charge on any atom is -0.481 e. The molecule has 5 nitrogen and oxygen atoms in total. The summed E-state index contributed by atoms with van der Waals surface area (Å²) >= 11 is 0. The molecular formula is C15H12N2O3. The number of nitrogens with zero attached hydrogens (tertiary/aromatic N) is 1. The highest BCUT2D eigenvalue weighted by molar-refractivity contribution is 5.90. The van der Waals surface area contributed by atoms with Gasteiger partial charge in [-0.25, -0.2) is 4.79 Å². The first kappa shape index (κ1) is 12.2. The summed E-state index contributed by atoms with van der Waals surface area (Å²) in [5, 5.41) is 9.97. The number of methoxy groups -OCH3 is 1. The highest BCUT2D eigenvalue weighted by Crippen LogP contribution is 2.25. The van der Waals surface area contributed by atoms with Gasteiger partial charge in [-0.1, -0.05) is 12.1 Å². The average molecular weight is 268 g/mol. The zero-order valence-corrected chi connectivity index (χ0v) is 10.8. The van der Waals surface area contributed by atoms with E-state index in [4.69, 9.17) is 9.84 Å². The van der Waals surface area contributed by atoms with Crippen molar-refractivity contribution in [2.45, 2.75) is 0 Å². The number of carboxylic acids is 1. The first-order chi connectivity index (χ1) is 9.67. The molecule has 0 bridgehead atoms. The minimum atomic E-state index is -0.942. The molecule has 2 aromatic heterocycles. The lowest BCUT2D eigenvalue weighted by Crippen LogP contribution is -1.95. The van der Waals surface area contributed by atoms with Crippen molar-refractivity contribution in [1.29, 1.82) is 0 Å². The number of nitrogens with one attached hydrogen (secondary N) is 1. The van der Waals surface area contributed by atoms with Gasteiger partial charge in [-0.3, -0.25) is 0 Å². The van der Waals surface area contributed by atoms with Gasteiger partial charge in [-0.15, -0.1) is 0 Å². The van der Waals surface area contributed by atoms with Gasteiger partial charge in [-0.2, -0.15) is 4.98 Å². The fourth-order valence-electron chi connectivity index (χ4n) is 2.08. The Morgan fingerprint density at radius 2 is 2.10 bits per heavy atom. The Labute approximate surface area is 114 Å². The molecule has 3 aromatic rings. The van der Waals surface area contributed by atoms with Crippen molar-refractivity contribution in [3.8, 4) is 17.1 Å². The molecule has 5 heteroatoms. The van der Waals surface area contributed by atoms with Gasteiger partial charge in [0, 0.05) is 17.1 Å². The second kappa shape index (κ2) is 4.70. The van der Waals surface area contributed by atoms with Crippen LogP contribution in [0.4, 0.5) is 0 Å². The molecule has 2 heterocycles. The minimum absolute atomic E-state index is 0.256. The fourth-order valence-corrected chi connectivity index (χ4v) is 2.08. The molecule has 2 N–H and O–H groups in total. The summed E-state index contributed by atoms with van der Waals surface area (Å²) < 4.78 is 5.08. The Balaban J connectivity index is 2.10. The summed E-state index contributed by atoms with van der Waals surface area (Å²) in [5.74, 6) is -0.409. The number of ether oxygens (including phenoxy) is 1. The smallest absolute Gasteiger partial charge is 0.335 e. The third-order valence-corrected chi connectivity index (χ3v) is 3.08. The first-order valence-corrected chi connectivity index (χ1v) is 6.05. The summed E-state index contributed by atoms with van der Waals surface area (Å²) in [5.41, 5.74) is 2.59. The molecule has 0 aliphatic heterocycles. The van der Waals surface area contributed by atoms with Gasteiger partial charge in [0.1, 0.15) is 5.65 Å². The van der Waals surface area contributed by atoms with Crippen LogP contribution in [0.5, 0.6) is 5.88 Å². The SMILES string of the molecule is COc1ccc2cc(-c3cccc(C(=O)O)c3)[nH]c2n1. The molecule has 0 aliphatic carbocycles. The number of carboxylic acid groups (broad SMARTS) is 1. The van der Waals surface area contributed by atoms with E-state index in [9.17, 15) is 4.79 Å². The largest absolute Gasteiger partial charge is 0.481 e. The van der Waals surface area contributed by atoms with E-state index in [1.165, 1.54) is 0 Å². The van der Waals surface area contributed by atoms with E-state index in [-0.39, 0.29) is 5.56 Å². The summed E-state index contributed by atoms with van der Waals surface area (Å²) in [4.78, 5) is 18.5. The van der Waals surface area contributed by atoms with Crippen molar-refractivity contribution in [2.24, 2.45) is 0 Å². The average Bonchev–Trinajstić information content (AvgIpc) is 2.90. The summed E-state index contributed by atoms with van der Waals surface area (Å²) in [7, 11) is 1.56. The van der Waals surface area contributed by atoms with Crippen LogP contribution >= 0.6 is 0 Å². The van der Waals surface area contributed by atoms with Crippen molar-refractivity contribution in [1.82, 2.24) is 9.97 Å². The van der Waals surface area contributed by atoms with Crippen LogP contribution in [0.2, 0.25) is 0 Å². The van der Waals surface area contributed by atoms with Gasteiger partial charge in [-0.05, 0) is 29.8 Å². The van der Waals surface area contributed by atoms with Crippen LogP contribution in [-0.2, 0) is 0 Å². The third-order valence-electron chi connectivity index (χ3n) is 3.08. The summed E-state index contributed by atoms with van der Waals surface area (Å²) in [6.45, 7) is 0. The van der Waals surface area contributed by atoms with E-state index in [0.717, 1.165) is 16.6 Å². The van der Waals surface area contributed by atoms with Gasteiger partial charge in [0.25, 0.3) is 0 Å². The van der Waals surface area contributed by atoms with Crippen LogP contribution in [0.25, 0.3) is 22.3 Å². The summed E-state index contributed by atoms with van der Waals surface area (Å²) in [6, 6.07) is 12.4. The highest BCUT2D eigenvalue weighted by Gasteiger charge is 2.08. The lowest BCUT2D eigenvalue weighted by atomic mass is 10.1. The normalized spacial score (nSPS) is 10.7. The first-order valence-electron chi connectivity index (χ1n) is 6.05. The Hall–Kier alpha value is -2.82. The van der Waals surface area contributed by atoms with Gasteiger partial charge >= 0.3 is 5.97 Å². The summed E-state index contributed by atoms with van der Waals surface area (Å²) in [6.07, 6.45) is 0. The number of benzene rings is 1. The number of aromatic amines is 1. The number of hydrogen-bond donors (Lipinski definition) is 2.